The SMILES string of the molecule is Cc1ccc(CN2CCCN(S(=O)(=O)c3c(C)noc3C)CC2)cc1. The van der Waals surface area contributed by atoms with E-state index in [0.29, 0.717) is 24.5 Å². The quantitative estimate of drug-likeness (QED) is 0.835. The van der Waals surface area contributed by atoms with Gasteiger partial charge in [-0.25, -0.2) is 8.42 Å². The lowest BCUT2D eigenvalue weighted by molar-refractivity contribution is 0.278. The van der Waals surface area contributed by atoms with Crippen LogP contribution in [0, 0.1) is 20.8 Å². The third-order valence-electron chi connectivity index (χ3n) is 4.64. The molecule has 6 nitrogen and oxygen atoms in total. The summed E-state index contributed by atoms with van der Waals surface area (Å²) in [6.45, 7) is 8.86. The van der Waals surface area contributed by atoms with Crippen molar-refractivity contribution in [2.75, 3.05) is 26.2 Å². The first-order valence-corrected chi connectivity index (χ1v) is 10.0. The molecule has 1 aromatic carbocycles. The molecule has 0 unspecified atom stereocenters. The Morgan fingerprint density at radius 2 is 1.76 bits per heavy atom. The number of nitrogens with zero attached hydrogens (tertiary/aromatic N) is 3. The van der Waals surface area contributed by atoms with Gasteiger partial charge < -0.3 is 4.52 Å². The van der Waals surface area contributed by atoms with E-state index in [1.54, 1.807) is 18.2 Å². The van der Waals surface area contributed by atoms with Crippen LogP contribution in [-0.4, -0.2) is 49.0 Å². The molecule has 0 radical (unpaired) electrons. The standard InChI is InChI=1S/C18H25N3O3S/c1-14-5-7-17(8-6-14)13-20-9-4-10-21(12-11-20)25(22,23)18-15(2)19-24-16(18)3/h5-8H,4,9-13H2,1-3H3. The Bertz CT molecular complexity index is 808. The number of sulfonamides is 1. The highest BCUT2D eigenvalue weighted by Gasteiger charge is 2.32. The van der Waals surface area contributed by atoms with Gasteiger partial charge in [-0.15, -0.1) is 0 Å². The molecule has 25 heavy (non-hydrogen) atoms. The lowest BCUT2D eigenvalue weighted by Crippen LogP contribution is -2.35. The first-order valence-electron chi connectivity index (χ1n) is 8.59. The zero-order chi connectivity index (χ0) is 18.0. The summed E-state index contributed by atoms with van der Waals surface area (Å²) in [5.74, 6) is 0.359. The van der Waals surface area contributed by atoms with E-state index in [4.69, 9.17) is 4.52 Å². The molecule has 0 aliphatic carbocycles. The van der Waals surface area contributed by atoms with Crippen molar-refractivity contribution in [3.8, 4) is 0 Å². The van der Waals surface area contributed by atoms with Gasteiger partial charge in [-0.1, -0.05) is 35.0 Å². The Kier molecular flexibility index (Phi) is 5.27. The maximum absolute atomic E-state index is 13.0. The average Bonchev–Trinajstić information content (AvgIpc) is 2.77. The molecule has 1 fully saturated rings. The first kappa shape index (κ1) is 18.1. The summed E-state index contributed by atoms with van der Waals surface area (Å²) in [7, 11) is -3.55. The lowest BCUT2D eigenvalue weighted by atomic mass is 10.1. The second-order valence-electron chi connectivity index (χ2n) is 6.67. The third kappa shape index (κ3) is 3.94. The van der Waals surface area contributed by atoms with Gasteiger partial charge >= 0.3 is 0 Å². The van der Waals surface area contributed by atoms with E-state index in [0.717, 1.165) is 26.1 Å². The smallest absolute Gasteiger partial charge is 0.248 e. The molecule has 2 heterocycles. The van der Waals surface area contributed by atoms with E-state index in [2.05, 4.69) is 41.2 Å². The maximum atomic E-state index is 13.0. The maximum Gasteiger partial charge on any atom is 0.248 e. The van der Waals surface area contributed by atoms with Crippen LogP contribution in [-0.2, 0) is 16.6 Å². The highest BCUT2D eigenvalue weighted by molar-refractivity contribution is 7.89. The predicted molar refractivity (Wildman–Crippen MR) is 95.8 cm³/mol. The van der Waals surface area contributed by atoms with E-state index in [1.807, 2.05) is 0 Å². The van der Waals surface area contributed by atoms with Gasteiger partial charge in [-0.3, -0.25) is 4.90 Å². The minimum Gasteiger partial charge on any atom is -0.360 e. The number of aryl methyl sites for hydroxylation is 3. The average molecular weight is 363 g/mol. The van der Waals surface area contributed by atoms with E-state index < -0.39 is 10.0 Å². The van der Waals surface area contributed by atoms with Crippen molar-refractivity contribution in [3.05, 3.63) is 46.8 Å². The Labute approximate surface area is 149 Å². The van der Waals surface area contributed by atoms with Gasteiger partial charge in [0.25, 0.3) is 0 Å². The molecule has 136 valence electrons. The van der Waals surface area contributed by atoms with Crippen molar-refractivity contribution >= 4 is 10.0 Å². The predicted octanol–water partition coefficient (Wildman–Crippen LogP) is 2.50. The highest BCUT2D eigenvalue weighted by atomic mass is 32.2. The van der Waals surface area contributed by atoms with E-state index >= 15 is 0 Å². The highest BCUT2D eigenvalue weighted by Crippen LogP contribution is 2.24. The molecule has 2 aromatic rings. The molecule has 0 amide bonds. The largest absolute Gasteiger partial charge is 0.360 e. The van der Waals surface area contributed by atoms with Crippen LogP contribution in [0.25, 0.3) is 0 Å². The van der Waals surface area contributed by atoms with Crippen LogP contribution in [0.15, 0.2) is 33.7 Å². The molecule has 1 aromatic heterocycles. The molecule has 3 rings (SSSR count). The van der Waals surface area contributed by atoms with Crippen LogP contribution in [0.1, 0.15) is 29.0 Å². The van der Waals surface area contributed by atoms with Crippen molar-refractivity contribution in [1.29, 1.82) is 0 Å². The van der Waals surface area contributed by atoms with Gasteiger partial charge in [-0.05, 0) is 39.3 Å². The normalized spacial score (nSPS) is 17.6. The van der Waals surface area contributed by atoms with Gasteiger partial charge in [0, 0.05) is 26.2 Å². The Morgan fingerprint density at radius 3 is 2.40 bits per heavy atom. The summed E-state index contributed by atoms with van der Waals surface area (Å²) in [4.78, 5) is 2.53. The van der Waals surface area contributed by atoms with Crippen LogP contribution in [0.4, 0.5) is 0 Å². The van der Waals surface area contributed by atoms with Crippen molar-refractivity contribution in [2.45, 2.75) is 38.6 Å². The summed E-state index contributed by atoms with van der Waals surface area (Å²) in [5, 5.41) is 3.79. The van der Waals surface area contributed by atoms with E-state index in [9.17, 15) is 8.42 Å². The molecule has 0 bridgehead atoms. The molecule has 1 aliphatic rings. The van der Waals surface area contributed by atoms with Gasteiger partial charge in [-0.2, -0.15) is 4.31 Å². The van der Waals surface area contributed by atoms with Crippen molar-refractivity contribution in [2.24, 2.45) is 0 Å². The molecule has 0 N–H and O–H groups in total. The van der Waals surface area contributed by atoms with Crippen molar-refractivity contribution < 1.29 is 12.9 Å². The van der Waals surface area contributed by atoms with Crippen LogP contribution in [0.2, 0.25) is 0 Å². The van der Waals surface area contributed by atoms with E-state index in [1.165, 1.54) is 11.1 Å². The second kappa shape index (κ2) is 7.27. The second-order valence-corrected chi connectivity index (χ2v) is 8.55. The third-order valence-corrected chi connectivity index (χ3v) is 6.78. The Balaban J connectivity index is 1.70. The zero-order valence-electron chi connectivity index (χ0n) is 15.0. The molecule has 0 atom stereocenters. The molecule has 7 heteroatoms. The number of benzene rings is 1. The minimum absolute atomic E-state index is 0.222. The topological polar surface area (TPSA) is 66.7 Å². The van der Waals surface area contributed by atoms with Crippen molar-refractivity contribution in [1.82, 2.24) is 14.4 Å². The monoisotopic (exact) mass is 363 g/mol. The van der Waals surface area contributed by atoms with E-state index in [-0.39, 0.29) is 4.90 Å². The number of hydrogen-bond acceptors (Lipinski definition) is 5. The minimum atomic E-state index is -3.55. The van der Waals surface area contributed by atoms with Gasteiger partial charge in [0.1, 0.15) is 10.6 Å². The summed E-state index contributed by atoms with van der Waals surface area (Å²) in [6, 6.07) is 8.50. The number of hydrogen-bond donors (Lipinski definition) is 0. The fraction of sp³-hybridized carbons (Fsp3) is 0.500. The van der Waals surface area contributed by atoms with Crippen LogP contribution in [0.3, 0.4) is 0 Å². The summed E-state index contributed by atoms with van der Waals surface area (Å²) in [6.07, 6.45) is 0.814. The summed E-state index contributed by atoms with van der Waals surface area (Å²) < 4.78 is 32.5. The van der Waals surface area contributed by atoms with Gasteiger partial charge in [0.2, 0.25) is 10.0 Å². The molecular formula is C18H25N3O3S. The van der Waals surface area contributed by atoms with Crippen molar-refractivity contribution in [3.63, 3.8) is 0 Å². The molecule has 1 aliphatic heterocycles. The number of rotatable bonds is 4. The molecule has 1 saturated heterocycles. The lowest BCUT2D eigenvalue weighted by Gasteiger charge is -2.21. The fourth-order valence-electron chi connectivity index (χ4n) is 3.27. The zero-order valence-corrected chi connectivity index (χ0v) is 15.8. The van der Waals surface area contributed by atoms with Gasteiger partial charge in [0.15, 0.2) is 5.76 Å². The first-order chi connectivity index (χ1) is 11.9. The van der Waals surface area contributed by atoms with Gasteiger partial charge in [0.05, 0.1) is 0 Å². The summed E-state index contributed by atoms with van der Waals surface area (Å²) >= 11 is 0. The summed E-state index contributed by atoms with van der Waals surface area (Å²) in [5.41, 5.74) is 2.93. The Hall–Kier alpha value is -1.70. The fourth-order valence-corrected chi connectivity index (χ4v) is 5.03. The molecule has 0 saturated carbocycles. The van der Waals surface area contributed by atoms with Crippen LogP contribution >= 0.6 is 0 Å². The van der Waals surface area contributed by atoms with Crippen LogP contribution in [0.5, 0.6) is 0 Å². The molecular weight excluding hydrogens is 338 g/mol. The Morgan fingerprint density at radius 1 is 1.04 bits per heavy atom. The number of aromatic nitrogens is 1. The molecule has 0 spiro atoms. The van der Waals surface area contributed by atoms with Crippen LogP contribution < -0.4 is 0 Å².